The van der Waals surface area contributed by atoms with Gasteiger partial charge in [-0.25, -0.2) is 13.7 Å². The van der Waals surface area contributed by atoms with Crippen molar-refractivity contribution in [2.45, 2.75) is 0 Å². The zero-order valence-corrected chi connectivity index (χ0v) is 16.9. The van der Waals surface area contributed by atoms with E-state index in [1.165, 1.54) is 67.8 Å². The number of imide groups is 1. The normalized spacial score (nSPS) is 13.7. The van der Waals surface area contributed by atoms with Crippen LogP contribution in [0.5, 0.6) is 5.75 Å². The average Bonchev–Trinajstić information content (AvgIpc) is 3.00. The second kappa shape index (κ2) is 8.20. The molecule has 1 aliphatic heterocycles. The molecule has 0 aromatic heterocycles. The Kier molecular flexibility index (Phi) is 5.44. The zero-order valence-electron chi connectivity index (χ0n) is 16.2. The summed E-state index contributed by atoms with van der Waals surface area (Å²) in [6.45, 7) is 0. The molecule has 3 aromatic rings. The molecule has 0 unspecified atom stereocenters. The molecule has 0 spiro atoms. The van der Waals surface area contributed by atoms with E-state index < -0.39 is 23.4 Å². The Morgan fingerprint density at radius 3 is 2.06 bits per heavy atom. The van der Waals surface area contributed by atoms with Gasteiger partial charge in [0.25, 0.3) is 11.8 Å². The van der Waals surface area contributed by atoms with Crippen LogP contribution < -0.4 is 15.0 Å². The van der Waals surface area contributed by atoms with E-state index in [4.69, 9.17) is 16.3 Å². The second-order valence-corrected chi connectivity index (χ2v) is 7.06. The van der Waals surface area contributed by atoms with Crippen LogP contribution in [0.3, 0.4) is 0 Å². The number of carbonyl (C=O) groups is 2. The molecule has 4 rings (SSSR count). The first-order chi connectivity index (χ1) is 14.9. The standard InChI is InChI=1S/C23H15ClF2N2O3/c1-31-19-11-10-17(12-18(19)24)28-22(29)20(13-2-4-14(25)5-3-13)21(23(28)30)27-16-8-6-15(26)7-9-16/h2-12,27H,1H3. The van der Waals surface area contributed by atoms with Crippen molar-refractivity contribution >= 4 is 40.4 Å². The van der Waals surface area contributed by atoms with Crippen molar-refractivity contribution in [3.63, 3.8) is 0 Å². The number of hydrogen-bond donors (Lipinski definition) is 1. The van der Waals surface area contributed by atoms with Crippen LogP contribution >= 0.6 is 11.6 Å². The third-order valence-electron chi connectivity index (χ3n) is 4.72. The van der Waals surface area contributed by atoms with Crippen molar-refractivity contribution in [1.82, 2.24) is 0 Å². The first kappa shape index (κ1) is 20.6. The minimum atomic E-state index is -0.630. The van der Waals surface area contributed by atoms with Crippen LogP contribution in [0.25, 0.3) is 5.57 Å². The van der Waals surface area contributed by atoms with E-state index in [1.54, 1.807) is 6.07 Å². The number of ether oxygens (including phenoxy) is 1. The van der Waals surface area contributed by atoms with Crippen molar-refractivity contribution in [3.05, 3.63) is 94.6 Å². The fourth-order valence-corrected chi connectivity index (χ4v) is 3.49. The van der Waals surface area contributed by atoms with Crippen molar-refractivity contribution in [3.8, 4) is 5.75 Å². The van der Waals surface area contributed by atoms with E-state index in [0.717, 1.165) is 4.90 Å². The summed E-state index contributed by atoms with van der Waals surface area (Å²) in [5, 5.41) is 3.12. The molecule has 8 heteroatoms. The summed E-state index contributed by atoms with van der Waals surface area (Å²) in [4.78, 5) is 27.5. The molecule has 0 saturated carbocycles. The lowest BCUT2D eigenvalue weighted by Crippen LogP contribution is -2.32. The van der Waals surface area contributed by atoms with Gasteiger partial charge in [-0.1, -0.05) is 23.7 Å². The topological polar surface area (TPSA) is 58.6 Å². The SMILES string of the molecule is COc1ccc(N2C(=O)C(Nc3ccc(F)cc3)=C(c3ccc(F)cc3)C2=O)cc1Cl. The number of nitrogens with one attached hydrogen (secondary N) is 1. The summed E-state index contributed by atoms with van der Waals surface area (Å²) in [6.07, 6.45) is 0. The minimum absolute atomic E-state index is 0.0184. The van der Waals surface area contributed by atoms with Crippen LogP contribution in [0, 0.1) is 11.6 Å². The molecule has 156 valence electrons. The molecule has 1 aliphatic rings. The molecule has 0 aliphatic carbocycles. The molecule has 1 N–H and O–H groups in total. The number of amides is 2. The lowest BCUT2D eigenvalue weighted by molar-refractivity contribution is -0.120. The monoisotopic (exact) mass is 440 g/mol. The lowest BCUT2D eigenvalue weighted by Gasteiger charge is -2.16. The molecule has 0 bridgehead atoms. The van der Waals surface area contributed by atoms with Crippen molar-refractivity contribution in [1.29, 1.82) is 0 Å². The molecule has 2 amide bonds. The highest BCUT2D eigenvalue weighted by Crippen LogP contribution is 2.36. The highest BCUT2D eigenvalue weighted by Gasteiger charge is 2.40. The Hall–Kier alpha value is -3.71. The van der Waals surface area contributed by atoms with Crippen LogP contribution in [0.2, 0.25) is 5.02 Å². The predicted octanol–water partition coefficient (Wildman–Crippen LogP) is 5.02. The van der Waals surface area contributed by atoms with Gasteiger partial charge in [0.05, 0.1) is 23.4 Å². The highest BCUT2D eigenvalue weighted by atomic mass is 35.5. The van der Waals surface area contributed by atoms with Crippen molar-refractivity contribution in [2.24, 2.45) is 0 Å². The van der Waals surface area contributed by atoms with E-state index in [-0.39, 0.29) is 22.0 Å². The van der Waals surface area contributed by atoms with E-state index in [1.807, 2.05) is 0 Å². The van der Waals surface area contributed by atoms with Gasteiger partial charge in [-0.3, -0.25) is 9.59 Å². The van der Waals surface area contributed by atoms with Gasteiger partial charge in [0.15, 0.2) is 0 Å². The fourth-order valence-electron chi connectivity index (χ4n) is 3.24. The van der Waals surface area contributed by atoms with E-state index in [2.05, 4.69) is 5.32 Å². The zero-order chi connectivity index (χ0) is 22.1. The van der Waals surface area contributed by atoms with Gasteiger partial charge in [-0.2, -0.15) is 0 Å². The summed E-state index contributed by atoms with van der Waals surface area (Å²) in [5.41, 5.74) is 1.05. The van der Waals surface area contributed by atoms with Gasteiger partial charge < -0.3 is 10.1 Å². The Labute approximate surface area is 181 Å². The molecule has 0 fully saturated rings. The van der Waals surface area contributed by atoms with Gasteiger partial charge >= 0.3 is 0 Å². The summed E-state index contributed by atoms with van der Waals surface area (Å²) >= 11 is 6.17. The maximum absolute atomic E-state index is 13.4. The highest BCUT2D eigenvalue weighted by molar-refractivity contribution is 6.46. The number of hydrogen-bond acceptors (Lipinski definition) is 4. The maximum atomic E-state index is 13.4. The van der Waals surface area contributed by atoms with Gasteiger partial charge in [0.1, 0.15) is 23.1 Å². The second-order valence-electron chi connectivity index (χ2n) is 6.65. The first-order valence-corrected chi connectivity index (χ1v) is 9.52. The number of benzene rings is 3. The largest absolute Gasteiger partial charge is 0.495 e. The number of rotatable bonds is 5. The van der Waals surface area contributed by atoms with Crippen LogP contribution in [0.15, 0.2) is 72.4 Å². The van der Waals surface area contributed by atoms with Gasteiger partial charge in [0, 0.05) is 5.69 Å². The van der Waals surface area contributed by atoms with E-state index in [0.29, 0.717) is 17.0 Å². The molecule has 0 radical (unpaired) electrons. The van der Waals surface area contributed by atoms with Crippen molar-refractivity contribution < 1.29 is 23.1 Å². The minimum Gasteiger partial charge on any atom is -0.495 e. The maximum Gasteiger partial charge on any atom is 0.282 e. The van der Waals surface area contributed by atoms with Crippen LogP contribution in [0.4, 0.5) is 20.2 Å². The van der Waals surface area contributed by atoms with Gasteiger partial charge in [0.2, 0.25) is 0 Å². The predicted molar refractivity (Wildman–Crippen MR) is 114 cm³/mol. The number of halogens is 3. The van der Waals surface area contributed by atoms with Crippen LogP contribution in [-0.4, -0.2) is 18.9 Å². The van der Waals surface area contributed by atoms with Crippen LogP contribution in [0.1, 0.15) is 5.56 Å². The molecule has 5 nitrogen and oxygen atoms in total. The molecule has 31 heavy (non-hydrogen) atoms. The van der Waals surface area contributed by atoms with Gasteiger partial charge in [-0.15, -0.1) is 0 Å². The molecular weight excluding hydrogens is 426 g/mol. The Morgan fingerprint density at radius 2 is 1.48 bits per heavy atom. The summed E-state index contributed by atoms with van der Waals surface area (Å²) in [5.74, 6) is -1.77. The third-order valence-corrected chi connectivity index (χ3v) is 5.02. The molecule has 0 atom stereocenters. The molecular formula is C23H15ClF2N2O3. The summed E-state index contributed by atoms with van der Waals surface area (Å²) < 4.78 is 31.8. The molecule has 1 heterocycles. The first-order valence-electron chi connectivity index (χ1n) is 9.14. The average molecular weight is 441 g/mol. The number of anilines is 2. The third kappa shape index (κ3) is 3.87. The Balaban J connectivity index is 1.80. The van der Waals surface area contributed by atoms with E-state index in [9.17, 15) is 18.4 Å². The Morgan fingerprint density at radius 1 is 0.871 bits per heavy atom. The van der Waals surface area contributed by atoms with E-state index >= 15 is 0 Å². The number of carbonyl (C=O) groups excluding carboxylic acids is 2. The Bertz CT molecular complexity index is 1210. The number of methoxy groups -OCH3 is 1. The number of nitrogens with zero attached hydrogens (tertiary/aromatic N) is 1. The van der Waals surface area contributed by atoms with Crippen molar-refractivity contribution in [2.75, 3.05) is 17.3 Å². The summed E-state index contributed by atoms with van der Waals surface area (Å²) in [6, 6.07) is 15.1. The summed E-state index contributed by atoms with van der Waals surface area (Å²) in [7, 11) is 1.45. The van der Waals surface area contributed by atoms with Gasteiger partial charge in [-0.05, 0) is 60.2 Å². The lowest BCUT2D eigenvalue weighted by atomic mass is 10.0. The molecule has 0 saturated heterocycles. The quantitative estimate of drug-likeness (QED) is 0.566. The smallest absolute Gasteiger partial charge is 0.282 e. The fraction of sp³-hybridized carbons (Fsp3) is 0.0435. The molecule has 3 aromatic carbocycles. The van der Waals surface area contributed by atoms with Crippen LogP contribution in [-0.2, 0) is 9.59 Å².